The van der Waals surface area contributed by atoms with E-state index in [0.717, 1.165) is 48.2 Å². The lowest BCUT2D eigenvalue weighted by molar-refractivity contribution is 0.391. The highest BCUT2D eigenvalue weighted by Gasteiger charge is 2.23. The van der Waals surface area contributed by atoms with Crippen LogP contribution in [0.15, 0.2) is 60.8 Å². The number of nitrogens with zero attached hydrogens (tertiary/aromatic N) is 3. The topological polar surface area (TPSA) is 94.3 Å². The van der Waals surface area contributed by atoms with Gasteiger partial charge in [0.1, 0.15) is 0 Å². The molecule has 0 aliphatic heterocycles. The summed E-state index contributed by atoms with van der Waals surface area (Å²) in [5, 5.41) is 8.78. The van der Waals surface area contributed by atoms with Gasteiger partial charge >= 0.3 is 0 Å². The fourth-order valence-corrected chi connectivity index (χ4v) is 4.47. The van der Waals surface area contributed by atoms with Crippen LogP contribution >= 0.6 is 11.6 Å². The van der Waals surface area contributed by atoms with Crippen molar-refractivity contribution in [1.82, 2.24) is 14.6 Å². The van der Waals surface area contributed by atoms with Crippen LogP contribution in [0.5, 0.6) is 0 Å². The monoisotopic (exact) mass is 432 g/mol. The highest BCUT2D eigenvalue weighted by Crippen LogP contribution is 2.33. The fraction of sp³-hybridized carbons (Fsp3) is 0.250. The minimum absolute atomic E-state index is 0.315. The Labute approximate surface area is 186 Å². The molecule has 0 atom stereocenters. The van der Waals surface area contributed by atoms with E-state index in [0.29, 0.717) is 34.1 Å². The van der Waals surface area contributed by atoms with Crippen molar-refractivity contribution in [3.8, 4) is 11.1 Å². The number of benzene rings is 2. The summed E-state index contributed by atoms with van der Waals surface area (Å²) in [5.41, 5.74) is 17.8. The number of nitrogens with two attached hydrogens (primary N) is 2. The quantitative estimate of drug-likeness (QED) is 0.403. The van der Waals surface area contributed by atoms with Gasteiger partial charge in [-0.1, -0.05) is 35.9 Å². The second-order valence-corrected chi connectivity index (χ2v) is 8.68. The molecule has 0 amide bonds. The van der Waals surface area contributed by atoms with Gasteiger partial charge in [-0.25, -0.2) is 9.50 Å². The molecule has 0 bridgehead atoms. The number of rotatable bonds is 4. The molecular weight excluding hydrogens is 408 g/mol. The standard InChI is InChI=1S/C24H25ClN6/c25-18-5-1-3-16(11-18)17-4-2-6-20(12-17)28-23-13-21(27)24-29-22(14-31(24)30-23)15-7-9-19(26)10-8-15/h1-6,11-15,19H,7-10,26-27H2,(H,28,30). The molecule has 0 spiro atoms. The van der Waals surface area contributed by atoms with Crippen molar-refractivity contribution in [1.29, 1.82) is 0 Å². The second kappa shape index (κ2) is 8.21. The van der Waals surface area contributed by atoms with E-state index in [-0.39, 0.29) is 0 Å². The molecule has 0 unspecified atom stereocenters. The zero-order valence-corrected chi connectivity index (χ0v) is 17.9. The van der Waals surface area contributed by atoms with Gasteiger partial charge < -0.3 is 16.8 Å². The summed E-state index contributed by atoms with van der Waals surface area (Å²) in [5.74, 6) is 1.09. The molecular formula is C24H25ClN6. The lowest BCUT2D eigenvalue weighted by Crippen LogP contribution is -2.25. The van der Waals surface area contributed by atoms with Crippen LogP contribution in [0.25, 0.3) is 16.8 Å². The van der Waals surface area contributed by atoms with Crippen LogP contribution in [0, 0.1) is 0 Å². The molecule has 158 valence electrons. The number of anilines is 3. The summed E-state index contributed by atoms with van der Waals surface area (Å²) in [6.45, 7) is 0. The Kier molecular flexibility index (Phi) is 5.26. The van der Waals surface area contributed by atoms with E-state index >= 15 is 0 Å². The Balaban J connectivity index is 1.41. The molecule has 1 aliphatic carbocycles. The molecule has 1 aliphatic rings. The molecule has 2 aromatic carbocycles. The molecule has 7 heteroatoms. The molecule has 4 aromatic rings. The summed E-state index contributed by atoms with van der Waals surface area (Å²) in [6.07, 6.45) is 6.20. The predicted molar refractivity (Wildman–Crippen MR) is 127 cm³/mol. The molecule has 0 radical (unpaired) electrons. The Hall–Kier alpha value is -3.09. The maximum Gasteiger partial charge on any atom is 0.177 e. The minimum atomic E-state index is 0.315. The number of fused-ring (bicyclic) bond motifs is 1. The SMILES string of the molecule is Nc1cc(Nc2cccc(-c3cccc(Cl)c3)c2)nn2cc(C3CCC(N)CC3)nc12. The Morgan fingerprint density at radius 3 is 2.48 bits per heavy atom. The zero-order valence-electron chi connectivity index (χ0n) is 17.1. The van der Waals surface area contributed by atoms with E-state index in [9.17, 15) is 0 Å². The van der Waals surface area contributed by atoms with Gasteiger partial charge in [0.2, 0.25) is 0 Å². The van der Waals surface area contributed by atoms with Crippen molar-refractivity contribution in [2.45, 2.75) is 37.6 Å². The van der Waals surface area contributed by atoms with E-state index < -0.39 is 0 Å². The van der Waals surface area contributed by atoms with Crippen molar-refractivity contribution in [3.05, 3.63) is 71.5 Å². The first-order chi connectivity index (χ1) is 15.0. The molecule has 5 N–H and O–H groups in total. The second-order valence-electron chi connectivity index (χ2n) is 8.25. The summed E-state index contributed by atoms with van der Waals surface area (Å²) >= 11 is 6.15. The largest absolute Gasteiger partial charge is 0.396 e. The molecule has 6 nitrogen and oxygen atoms in total. The van der Waals surface area contributed by atoms with Crippen LogP contribution in [0.4, 0.5) is 17.2 Å². The number of hydrogen-bond acceptors (Lipinski definition) is 5. The molecule has 5 rings (SSSR count). The van der Waals surface area contributed by atoms with E-state index in [2.05, 4.69) is 17.4 Å². The number of nitrogen functional groups attached to an aromatic ring is 1. The maximum atomic E-state index is 6.32. The third-order valence-electron chi connectivity index (χ3n) is 5.96. The normalized spacial score (nSPS) is 18.9. The van der Waals surface area contributed by atoms with Crippen LogP contribution in [-0.2, 0) is 0 Å². The van der Waals surface area contributed by atoms with E-state index in [4.69, 9.17) is 33.2 Å². The van der Waals surface area contributed by atoms with Gasteiger partial charge in [0, 0.05) is 28.7 Å². The molecule has 31 heavy (non-hydrogen) atoms. The van der Waals surface area contributed by atoms with Crippen molar-refractivity contribution < 1.29 is 0 Å². The number of halogens is 1. The van der Waals surface area contributed by atoms with Gasteiger partial charge in [-0.15, -0.1) is 5.10 Å². The number of imidazole rings is 1. The maximum absolute atomic E-state index is 6.32. The summed E-state index contributed by atoms with van der Waals surface area (Å²) in [7, 11) is 0. The average Bonchev–Trinajstić information content (AvgIpc) is 3.19. The van der Waals surface area contributed by atoms with Crippen LogP contribution in [-0.4, -0.2) is 20.6 Å². The molecule has 0 saturated heterocycles. The van der Waals surface area contributed by atoms with Gasteiger partial charge in [-0.05, 0) is 61.1 Å². The third kappa shape index (κ3) is 4.22. The van der Waals surface area contributed by atoms with Crippen LogP contribution in [0.3, 0.4) is 0 Å². The Morgan fingerprint density at radius 1 is 0.968 bits per heavy atom. The van der Waals surface area contributed by atoms with Crippen molar-refractivity contribution in [2.24, 2.45) is 5.73 Å². The third-order valence-corrected chi connectivity index (χ3v) is 6.19. The number of aromatic nitrogens is 3. The van der Waals surface area contributed by atoms with Crippen LogP contribution < -0.4 is 16.8 Å². The van der Waals surface area contributed by atoms with Crippen LogP contribution in [0.1, 0.15) is 37.3 Å². The zero-order chi connectivity index (χ0) is 21.4. The number of hydrogen-bond donors (Lipinski definition) is 3. The van der Waals surface area contributed by atoms with E-state index in [1.54, 1.807) is 4.52 Å². The van der Waals surface area contributed by atoms with Crippen LogP contribution in [0.2, 0.25) is 5.02 Å². The molecule has 1 fully saturated rings. The Bertz CT molecular complexity index is 1230. The lowest BCUT2D eigenvalue weighted by Gasteiger charge is -2.24. The lowest BCUT2D eigenvalue weighted by atomic mass is 9.85. The minimum Gasteiger partial charge on any atom is -0.396 e. The first kappa shape index (κ1) is 19.8. The van der Waals surface area contributed by atoms with Gasteiger partial charge in [0.15, 0.2) is 11.5 Å². The van der Waals surface area contributed by atoms with E-state index in [1.807, 2.05) is 48.7 Å². The Morgan fingerprint density at radius 2 is 1.71 bits per heavy atom. The number of nitrogens with one attached hydrogen (secondary N) is 1. The van der Waals surface area contributed by atoms with Gasteiger partial charge in [-0.3, -0.25) is 0 Å². The highest BCUT2D eigenvalue weighted by atomic mass is 35.5. The highest BCUT2D eigenvalue weighted by molar-refractivity contribution is 6.30. The van der Waals surface area contributed by atoms with Gasteiger partial charge in [0.05, 0.1) is 17.6 Å². The first-order valence-electron chi connectivity index (χ1n) is 10.6. The van der Waals surface area contributed by atoms with E-state index in [1.165, 1.54) is 0 Å². The average molecular weight is 433 g/mol. The molecule has 2 aromatic heterocycles. The predicted octanol–water partition coefficient (Wildman–Crippen LogP) is 5.36. The summed E-state index contributed by atoms with van der Waals surface area (Å²) < 4.78 is 1.78. The van der Waals surface area contributed by atoms with Crippen molar-refractivity contribution in [3.63, 3.8) is 0 Å². The molecule has 2 heterocycles. The van der Waals surface area contributed by atoms with Crippen molar-refractivity contribution >= 4 is 34.4 Å². The fourth-order valence-electron chi connectivity index (χ4n) is 4.28. The van der Waals surface area contributed by atoms with Gasteiger partial charge in [-0.2, -0.15) is 0 Å². The summed E-state index contributed by atoms with van der Waals surface area (Å²) in [6, 6.07) is 18.1. The first-order valence-corrected chi connectivity index (χ1v) is 11.0. The van der Waals surface area contributed by atoms with Gasteiger partial charge in [0.25, 0.3) is 0 Å². The smallest absolute Gasteiger partial charge is 0.177 e. The molecule has 1 saturated carbocycles. The summed E-state index contributed by atoms with van der Waals surface area (Å²) in [4.78, 5) is 4.77. The van der Waals surface area contributed by atoms with Crippen molar-refractivity contribution in [2.75, 3.05) is 11.1 Å².